The molecule has 1 amide bonds. The van der Waals surface area contributed by atoms with Gasteiger partial charge in [-0.3, -0.25) is 4.79 Å². The van der Waals surface area contributed by atoms with Gasteiger partial charge in [0.15, 0.2) is 5.69 Å². The molecule has 7 heteroatoms. The fraction of sp³-hybridized carbons (Fsp3) is 0.0909. The molecule has 3 aromatic carbocycles. The van der Waals surface area contributed by atoms with E-state index in [1.54, 1.807) is 6.07 Å². The van der Waals surface area contributed by atoms with E-state index < -0.39 is 17.8 Å². The molecule has 0 saturated carbocycles. The Morgan fingerprint density at radius 2 is 1.62 bits per heavy atom. The minimum atomic E-state index is -4.59. The third kappa shape index (κ3) is 3.35. The summed E-state index contributed by atoms with van der Waals surface area (Å²) in [5.41, 5.74) is 6.88. The number of hydrogen-bond donors (Lipinski definition) is 1. The van der Waals surface area contributed by atoms with Crippen molar-refractivity contribution < 1.29 is 18.0 Å². The van der Waals surface area contributed by atoms with E-state index in [0.717, 1.165) is 22.4 Å². The maximum absolute atomic E-state index is 13.4. The largest absolute Gasteiger partial charge is 0.435 e. The molecule has 4 nitrogen and oxygen atoms in total. The highest BCUT2D eigenvalue weighted by Crippen LogP contribution is 2.36. The van der Waals surface area contributed by atoms with Crippen molar-refractivity contribution in [3.05, 3.63) is 83.6 Å². The van der Waals surface area contributed by atoms with Crippen molar-refractivity contribution in [1.82, 2.24) is 9.78 Å². The van der Waals surface area contributed by atoms with Crippen molar-refractivity contribution in [2.24, 2.45) is 5.73 Å². The highest BCUT2D eigenvalue weighted by molar-refractivity contribution is 5.98. The second-order valence-electron chi connectivity index (χ2n) is 6.71. The average Bonchev–Trinajstić information content (AvgIpc) is 3.14. The predicted octanol–water partition coefficient (Wildman–Crippen LogP) is 5.12. The maximum atomic E-state index is 13.4. The SMILES string of the molecule is Cc1ccc(-c2cc(C(F)(F)F)nn2-c2ccc(C(N)=O)cc2)c2ccccc12. The standard InChI is InChI=1S/C22H16F3N3O/c1-13-6-11-18(17-5-3-2-4-16(13)17)19-12-20(22(23,24)25)27-28(19)15-9-7-14(8-10-15)21(26)29/h2-12H,1H3,(H2,26,29). The Hall–Kier alpha value is -3.61. The van der Waals surface area contributed by atoms with Crippen LogP contribution in [-0.4, -0.2) is 15.7 Å². The molecule has 29 heavy (non-hydrogen) atoms. The highest BCUT2D eigenvalue weighted by atomic mass is 19.4. The fourth-order valence-corrected chi connectivity index (χ4v) is 3.35. The zero-order valence-electron chi connectivity index (χ0n) is 15.4. The van der Waals surface area contributed by atoms with Gasteiger partial charge < -0.3 is 5.73 Å². The van der Waals surface area contributed by atoms with E-state index in [-0.39, 0.29) is 5.56 Å². The highest BCUT2D eigenvalue weighted by Gasteiger charge is 2.35. The molecule has 4 rings (SSSR count). The van der Waals surface area contributed by atoms with Crippen LogP contribution in [0.2, 0.25) is 0 Å². The number of amides is 1. The van der Waals surface area contributed by atoms with Gasteiger partial charge in [-0.1, -0.05) is 36.4 Å². The van der Waals surface area contributed by atoms with Gasteiger partial charge in [-0.05, 0) is 53.6 Å². The first kappa shape index (κ1) is 18.7. The minimum absolute atomic E-state index is 0.263. The summed E-state index contributed by atoms with van der Waals surface area (Å²) >= 11 is 0. The number of rotatable bonds is 3. The number of primary amides is 1. The summed E-state index contributed by atoms with van der Waals surface area (Å²) in [5.74, 6) is -0.613. The van der Waals surface area contributed by atoms with Crippen LogP contribution in [0.5, 0.6) is 0 Å². The first-order valence-corrected chi connectivity index (χ1v) is 8.82. The molecule has 0 radical (unpaired) electrons. The number of nitrogens with zero attached hydrogens (tertiary/aromatic N) is 2. The summed E-state index contributed by atoms with van der Waals surface area (Å²) in [6.45, 7) is 1.95. The number of carbonyl (C=O) groups excluding carboxylic acids is 1. The van der Waals surface area contributed by atoms with Gasteiger partial charge in [-0.15, -0.1) is 0 Å². The zero-order valence-corrected chi connectivity index (χ0v) is 15.4. The van der Waals surface area contributed by atoms with Crippen LogP contribution < -0.4 is 5.73 Å². The predicted molar refractivity (Wildman–Crippen MR) is 105 cm³/mol. The quantitative estimate of drug-likeness (QED) is 0.523. The van der Waals surface area contributed by atoms with Crippen LogP contribution in [-0.2, 0) is 6.18 Å². The number of aromatic nitrogens is 2. The van der Waals surface area contributed by atoms with Gasteiger partial charge in [-0.2, -0.15) is 18.3 Å². The van der Waals surface area contributed by atoms with Crippen molar-refractivity contribution in [2.75, 3.05) is 0 Å². The van der Waals surface area contributed by atoms with E-state index in [4.69, 9.17) is 5.73 Å². The van der Waals surface area contributed by atoms with Gasteiger partial charge in [0.2, 0.25) is 5.91 Å². The molecule has 0 fully saturated rings. The van der Waals surface area contributed by atoms with Gasteiger partial charge in [0.25, 0.3) is 0 Å². The molecule has 0 aliphatic heterocycles. The van der Waals surface area contributed by atoms with E-state index >= 15 is 0 Å². The maximum Gasteiger partial charge on any atom is 0.435 e. The van der Waals surface area contributed by atoms with E-state index in [1.807, 2.05) is 37.3 Å². The molecule has 0 aliphatic rings. The first-order valence-electron chi connectivity index (χ1n) is 8.82. The normalized spacial score (nSPS) is 11.7. The second kappa shape index (κ2) is 6.77. The number of halogens is 3. The van der Waals surface area contributed by atoms with E-state index in [0.29, 0.717) is 16.9 Å². The van der Waals surface area contributed by atoms with Gasteiger partial charge in [0.1, 0.15) is 0 Å². The molecule has 146 valence electrons. The van der Waals surface area contributed by atoms with Crippen LogP contribution in [0.1, 0.15) is 21.6 Å². The lowest BCUT2D eigenvalue weighted by Crippen LogP contribution is -2.11. The smallest absolute Gasteiger partial charge is 0.366 e. The number of benzene rings is 3. The van der Waals surface area contributed by atoms with Crippen molar-refractivity contribution in [3.63, 3.8) is 0 Å². The van der Waals surface area contributed by atoms with Crippen molar-refractivity contribution >= 4 is 16.7 Å². The molecule has 4 aromatic rings. The molecule has 0 unspecified atom stereocenters. The Bertz CT molecular complexity index is 1220. The lowest BCUT2D eigenvalue weighted by atomic mass is 9.98. The van der Waals surface area contributed by atoms with Gasteiger partial charge >= 0.3 is 6.18 Å². The van der Waals surface area contributed by atoms with Gasteiger partial charge in [0.05, 0.1) is 11.4 Å². The van der Waals surface area contributed by atoms with Crippen LogP contribution in [0, 0.1) is 6.92 Å². The molecule has 2 N–H and O–H groups in total. The van der Waals surface area contributed by atoms with Gasteiger partial charge in [-0.25, -0.2) is 4.68 Å². The minimum Gasteiger partial charge on any atom is -0.366 e. The molecule has 1 aromatic heterocycles. The van der Waals surface area contributed by atoms with E-state index in [2.05, 4.69) is 5.10 Å². The Balaban J connectivity index is 1.98. The lowest BCUT2D eigenvalue weighted by molar-refractivity contribution is -0.141. The summed E-state index contributed by atoms with van der Waals surface area (Å²) in [6.07, 6.45) is -4.59. The van der Waals surface area contributed by atoms with E-state index in [1.165, 1.54) is 28.9 Å². The third-order valence-corrected chi connectivity index (χ3v) is 4.81. The van der Waals surface area contributed by atoms with Crippen LogP contribution in [0.4, 0.5) is 13.2 Å². The van der Waals surface area contributed by atoms with Crippen LogP contribution in [0.15, 0.2) is 66.7 Å². The number of hydrogen-bond acceptors (Lipinski definition) is 2. The molecule has 0 aliphatic carbocycles. The van der Waals surface area contributed by atoms with Crippen molar-refractivity contribution in [3.8, 4) is 16.9 Å². The van der Waals surface area contributed by atoms with Crippen LogP contribution >= 0.6 is 0 Å². The number of fused-ring (bicyclic) bond motifs is 1. The van der Waals surface area contributed by atoms with Gasteiger partial charge in [0, 0.05) is 11.1 Å². The molecular weight excluding hydrogens is 379 g/mol. The molecule has 1 heterocycles. The summed E-state index contributed by atoms with van der Waals surface area (Å²) in [4.78, 5) is 11.3. The van der Waals surface area contributed by atoms with E-state index in [9.17, 15) is 18.0 Å². The number of alkyl halides is 3. The lowest BCUT2D eigenvalue weighted by Gasteiger charge is -2.12. The van der Waals surface area contributed by atoms with Crippen molar-refractivity contribution in [1.29, 1.82) is 0 Å². The number of aryl methyl sites for hydroxylation is 1. The average molecular weight is 395 g/mol. The number of carbonyl (C=O) groups is 1. The third-order valence-electron chi connectivity index (χ3n) is 4.81. The molecule has 0 spiro atoms. The van der Waals surface area contributed by atoms with Crippen LogP contribution in [0.3, 0.4) is 0 Å². The Labute approximate surface area is 164 Å². The summed E-state index contributed by atoms with van der Waals surface area (Å²) < 4.78 is 41.5. The Kier molecular flexibility index (Phi) is 4.38. The van der Waals surface area contributed by atoms with Crippen molar-refractivity contribution in [2.45, 2.75) is 13.1 Å². The zero-order chi connectivity index (χ0) is 20.8. The summed E-state index contributed by atoms with van der Waals surface area (Å²) in [6, 6.07) is 18.2. The summed E-state index contributed by atoms with van der Waals surface area (Å²) in [5, 5.41) is 5.59. The molecular formula is C22H16F3N3O. The first-order chi connectivity index (χ1) is 13.8. The monoisotopic (exact) mass is 395 g/mol. The molecule has 0 bridgehead atoms. The fourth-order valence-electron chi connectivity index (χ4n) is 3.35. The topological polar surface area (TPSA) is 60.9 Å². The Morgan fingerprint density at radius 3 is 2.24 bits per heavy atom. The number of nitrogens with two attached hydrogens (primary N) is 1. The molecule has 0 saturated heterocycles. The molecule has 0 atom stereocenters. The summed E-state index contributed by atoms with van der Waals surface area (Å²) in [7, 11) is 0. The second-order valence-corrected chi connectivity index (χ2v) is 6.71. The Morgan fingerprint density at radius 1 is 0.966 bits per heavy atom. The van der Waals surface area contributed by atoms with Crippen LogP contribution in [0.25, 0.3) is 27.7 Å².